The second kappa shape index (κ2) is 3.01. The summed E-state index contributed by atoms with van der Waals surface area (Å²) in [6.45, 7) is 7.59. The Morgan fingerprint density at radius 2 is 2.21 bits per heavy atom. The molecule has 0 atom stereocenters. The summed E-state index contributed by atoms with van der Waals surface area (Å²) in [5.74, 6) is 0.439. The Morgan fingerprint density at radius 1 is 1.50 bits per heavy atom. The van der Waals surface area contributed by atoms with E-state index < -0.39 is 0 Å². The first-order valence-corrected chi connectivity index (χ1v) is 4.76. The summed E-state index contributed by atoms with van der Waals surface area (Å²) in [4.78, 5) is 0. The maximum absolute atomic E-state index is 8.89. The lowest BCUT2D eigenvalue weighted by Crippen LogP contribution is -1.86. The van der Waals surface area contributed by atoms with Crippen LogP contribution in [0, 0.1) is 11.3 Å². The first-order chi connectivity index (χ1) is 6.74. The monoisotopic (exact) mass is 201 g/mol. The largest absolute Gasteiger partial charge is 0.192 e. The van der Waals surface area contributed by atoms with Gasteiger partial charge < -0.3 is 0 Å². The number of alkyl halides is 1. The first-order valence-electron chi connectivity index (χ1n) is 4.22. The Hall–Kier alpha value is -1.52. The predicted octanol–water partition coefficient (Wildman–Crippen LogP) is 3.31. The van der Waals surface area contributed by atoms with Gasteiger partial charge >= 0.3 is 0 Å². The summed E-state index contributed by atoms with van der Waals surface area (Å²) in [5, 5.41) is 8.89. The SMILES string of the molecule is C=Cc1cc(C#N)c2c(c1CCl)C2=C. The minimum Gasteiger partial charge on any atom is -0.192 e. The van der Waals surface area contributed by atoms with Crippen LogP contribution in [0.25, 0.3) is 11.6 Å². The average molecular weight is 202 g/mol. The maximum Gasteiger partial charge on any atom is 0.0998 e. The highest BCUT2D eigenvalue weighted by Crippen LogP contribution is 2.47. The fourth-order valence-electron chi connectivity index (χ4n) is 1.73. The molecule has 0 N–H and O–H groups in total. The number of nitriles is 1. The highest BCUT2D eigenvalue weighted by molar-refractivity contribution is 6.18. The van der Waals surface area contributed by atoms with Crippen LogP contribution in [0.15, 0.2) is 19.2 Å². The fourth-order valence-corrected chi connectivity index (χ4v) is 2.02. The molecule has 0 saturated heterocycles. The molecule has 0 fully saturated rings. The molecule has 0 bridgehead atoms. The number of rotatable bonds is 2. The van der Waals surface area contributed by atoms with Gasteiger partial charge in [-0.05, 0) is 28.3 Å². The molecule has 0 unspecified atom stereocenters. The molecule has 68 valence electrons. The summed E-state index contributed by atoms with van der Waals surface area (Å²) in [6.07, 6.45) is 1.73. The van der Waals surface area contributed by atoms with Crippen LogP contribution in [-0.2, 0) is 5.88 Å². The van der Waals surface area contributed by atoms with Crippen molar-refractivity contribution in [1.29, 1.82) is 5.26 Å². The van der Waals surface area contributed by atoms with Crippen molar-refractivity contribution in [3.05, 3.63) is 47.0 Å². The van der Waals surface area contributed by atoms with E-state index in [1.54, 1.807) is 6.08 Å². The summed E-state index contributed by atoms with van der Waals surface area (Å²) < 4.78 is 0. The number of hydrogen-bond acceptors (Lipinski definition) is 1. The Labute approximate surface area is 87.9 Å². The minimum absolute atomic E-state index is 0.439. The van der Waals surface area contributed by atoms with Crippen LogP contribution < -0.4 is 0 Å². The lowest BCUT2D eigenvalue weighted by Gasteiger charge is -2.00. The van der Waals surface area contributed by atoms with E-state index in [1.807, 2.05) is 6.07 Å². The Kier molecular flexibility index (Phi) is 1.94. The van der Waals surface area contributed by atoms with Crippen LogP contribution >= 0.6 is 11.6 Å². The van der Waals surface area contributed by atoms with Gasteiger partial charge in [0.25, 0.3) is 0 Å². The van der Waals surface area contributed by atoms with Gasteiger partial charge in [-0.15, -0.1) is 11.6 Å². The van der Waals surface area contributed by atoms with Crippen molar-refractivity contribution < 1.29 is 0 Å². The zero-order chi connectivity index (χ0) is 10.3. The summed E-state index contributed by atoms with van der Waals surface area (Å²) >= 11 is 5.84. The second-order valence-electron chi connectivity index (χ2n) is 3.17. The molecule has 0 aliphatic heterocycles. The standard InChI is InChI=1S/C12H8ClN/c1-3-8-4-9(6-14)11-7(2)12(11)10(8)5-13/h3-4H,1-2,5H2. The molecule has 1 aromatic carbocycles. The molecule has 2 rings (SSSR count). The average Bonchev–Trinajstić information content (AvgIpc) is 2.88. The molecule has 1 aromatic rings. The summed E-state index contributed by atoms with van der Waals surface area (Å²) in [7, 11) is 0. The van der Waals surface area contributed by atoms with Gasteiger partial charge in [-0.2, -0.15) is 5.26 Å². The van der Waals surface area contributed by atoms with Crippen molar-refractivity contribution in [2.45, 2.75) is 5.88 Å². The van der Waals surface area contributed by atoms with Crippen molar-refractivity contribution in [3.63, 3.8) is 0 Å². The van der Waals surface area contributed by atoms with E-state index in [0.717, 1.165) is 27.8 Å². The minimum atomic E-state index is 0.439. The molecule has 0 heterocycles. The van der Waals surface area contributed by atoms with Crippen LogP contribution in [0.1, 0.15) is 27.8 Å². The van der Waals surface area contributed by atoms with Crippen LogP contribution in [0.2, 0.25) is 0 Å². The van der Waals surface area contributed by atoms with Gasteiger partial charge in [-0.25, -0.2) is 0 Å². The van der Waals surface area contributed by atoms with Crippen molar-refractivity contribution in [2.75, 3.05) is 0 Å². The van der Waals surface area contributed by atoms with E-state index in [2.05, 4.69) is 19.2 Å². The Morgan fingerprint density at radius 3 is 2.71 bits per heavy atom. The number of hydrogen-bond donors (Lipinski definition) is 0. The highest BCUT2D eigenvalue weighted by atomic mass is 35.5. The van der Waals surface area contributed by atoms with Gasteiger partial charge in [-0.3, -0.25) is 0 Å². The van der Waals surface area contributed by atoms with Crippen LogP contribution in [-0.4, -0.2) is 0 Å². The van der Waals surface area contributed by atoms with E-state index in [9.17, 15) is 0 Å². The predicted molar refractivity (Wildman–Crippen MR) is 58.9 cm³/mol. The quantitative estimate of drug-likeness (QED) is 0.684. The highest BCUT2D eigenvalue weighted by Gasteiger charge is 2.31. The maximum atomic E-state index is 8.89. The van der Waals surface area contributed by atoms with Gasteiger partial charge in [0, 0.05) is 11.4 Å². The van der Waals surface area contributed by atoms with Crippen LogP contribution in [0.4, 0.5) is 0 Å². The molecule has 2 heteroatoms. The normalized spacial score (nSPS) is 11.9. The topological polar surface area (TPSA) is 23.8 Å². The molecular formula is C12H8ClN. The van der Waals surface area contributed by atoms with E-state index in [-0.39, 0.29) is 0 Å². The third-order valence-corrected chi connectivity index (χ3v) is 2.75. The number of halogens is 1. The molecule has 1 aliphatic carbocycles. The number of fused-ring (bicyclic) bond motifs is 1. The van der Waals surface area contributed by atoms with E-state index >= 15 is 0 Å². The molecule has 1 nitrogen and oxygen atoms in total. The molecule has 0 aromatic heterocycles. The molecule has 14 heavy (non-hydrogen) atoms. The molecule has 1 aliphatic rings. The third-order valence-electron chi connectivity index (χ3n) is 2.48. The van der Waals surface area contributed by atoms with Crippen LogP contribution in [0.5, 0.6) is 0 Å². The molecule has 0 radical (unpaired) electrons. The number of nitrogens with zero attached hydrogens (tertiary/aromatic N) is 1. The summed E-state index contributed by atoms with van der Waals surface area (Å²) in [5.41, 5.74) is 5.65. The van der Waals surface area contributed by atoms with Gasteiger partial charge in [0.15, 0.2) is 0 Å². The van der Waals surface area contributed by atoms with Crippen molar-refractivity contribution in [3.8, 4) is 6.07 Å². The molecule has 0 spiro atoms. The Balaban J connectivity index is 2.74. The number of benzene rings is 1. The molecule has 0 saturated carbocycles. The van der Waals surface area contributed by atoms with Crippen molar-refractivity contribution >= 4 is 23.3 Å². The van der Waals surface area contributed by atoms with E-state index in [4.69, 9.17) is 16.9 Å². The van der Waals surface area contributed by atoms with Crippen LogP contribution in [0.3, 0.4) is 0 Å². The molecular weight excluding hydrogens is 194 g/mol. The first kappa shape index (κ1) is 9.05. The molecule has 0 amide bonds. The zero-order valence-electron chi connectivity index (χ0n) is 7.60. The van der Waals surface area contributed by atoms with Gasteiger partial charge in [0.1, 0.15) is 0 Å². The summed E-state index contributed by atoms with van der Waals surface area (Å²) in [6, 6.07) is 3.97. The van der Waals surface area contributed by atoms with E-state index in [0.29, 0.717) is 11.4 Å². The van der Waals surface area contributed by atoms with Crippen molar-refractivity contribution in [1.82, 2.24) is 0 Å². The van der Waals surface area contributed by atoms with Gasteiger partial charge in [0.05, 0.1) is 11.6 Å². The smallest absolute Gasteiger partial charge is 0.0998 e. The lowest BCUT2D eigenvalue weighted by atomic mass is 10.1. The fraction of sp³-hybridized carbons (Fsp3) is 0.0833. The lowest BCUT2D eigenvalue weighted by molar-refractivity contribution is 1.38. The van der Waals surface area contributed by atoms with E-state index in [1.165, 1.54) is 0 Å². The van der Waals surface area contributed by atoms with Gasteiger partial charge in [0.2, 0.25) is 0 Å². The van der Waals surface area contributed by atoms with Gasteiger partial charge in [-0.1, -0.05) is 19.2 Å². The second-order valence-corrected chi connectivity index (χ2v) is 3.44. The zero-order valence-corrected chi connectivity index (χ0v) is 8.36. The third kappa shape index (κ3) is 1.01. The van der Waals surface area contributed by atoms with Crippen molar-refractivity contribution in [2.24, 2.45) is 0 Å². The Bertz CT molecular complexity index is 488.